The van der Waals surface area contributed by atoms with Gasteiger partial charge in [0.25, 0.3) is 0 Å². The van der Waals surface area contributed by atoms with E-state index in [-0.39, 0.29) is 5.91 Å². The van der Waals surface area contributed by atoms with Gasteiger partial charge in [-0.2, -0.15) is 0 Å². The van der Waals surface area contributed by atoms with Crippen LogP contribution < -0.4 is 11.1 Å². The van der Waals surface area contributed by atoms with Crippen molar-refractivity contribution in [3.8, 4) is 0 Å². The maximum absolute atomic E-state index is 11.8. The number of hydrogen-bond donors (Lipinski definition) is 2. The van der Waals surface area contributed by atoms with Crippen molar-refractivity contribution in [3.63, 3.8) is 0 Å². The van der Waals surface area contributed by atoms with Crippen LogP contribution in [0.1, 0.15) is 25.3 Å². The van der Waals surface area contributed by atoms with Crippen LogP contribution in [-0.4, -0.2) is 29.9 Å². The molecule has 0 atom stereocenters. The van der Waals surface area contributed by atoms with E-state index in [1.54, 1.807) is 0 Å². The minimum absolute atomic E-state index is 0.119. The number of nitrogens with two attached hydrogens (primary N) is 1. The number of amides is 1. The Kier molecular flexibility index (Phi) is 4.20. The van der Waals surface area contributed by atoms with Crippen LogP contribution in [0.2, 0.25) is 0 Å². The monoisotopic (exact) mass is 247 g/mol. The second-order valence-electron chi connectivity index (χ2n) is 4.84. The predicted octanol–water partition coefficient (Wildman–Crippen LogP) is 1.37. The minimum Gasteiger partial charge on any atom is -0.398 e. The Morgan fingerprint density at radius 3 is 2.78 bits per heavy atom. The van der Waals surface area contributed by atoms with E-state index >= 15 is 0 Å². The molecule has 4 heteroatoms. The SMILES string of the molecule is CCN(CC(=O)NC1CC1)Cc1ccccc1N. The molecule has 98 valence electrons. The Balaban J connectivity index is 1.88. The summed E-state index contributed by atoms with van der Waals surface area (Å²) in [6.45, 7) is 4.07. The summed E-state index contributed by atoms with van der Waals surface area (Å²) in [5.41, 5.74) is 7.79. The Labute approximate surface area is 108 Å². The largest absolute Gasteiger partial charge is 0.398 e. The highest BCUT2D eigenvalue weighted by atomic mass is 16.2. The van der Waals surface area contributed by atoms with Crippen molar-refractivity contribution in [2.75, 3.05) is 18.8 Å². The summed E-state index contributed by atoms with van der Waals surface area (Å²) in [6.07, 6.45) is 2.26. The fraction of sp³-hybridized carbons (Fsp3) is 0.500. The molecule has 18 heavy (non-hydrogen) atoms. The molecule has 0 unspecified atom stereocenters. The third-order valence-corrected chi connectivity index (χ3v) is 3.21. The van der Waals surface area contributed by atoms with Crippen LogP contribution in [0.25, 0.3) is 0 Å². The zero-order chi connectivity index (χ0) is 13.0. The number of nitrogens with zero attached hydrogens (tertiary/aromatic N) is 1. The highest BCUT2D eigenvalue weighted by Gasteiger charge is 2.23. The van der Waals surface area contributed by atoms with Gasteiger partial charge in [0.15, 0.2) is 0 Å². The van der Waals surface area contributed by atoms with Gasteiger partial charge in [0.1, 0.15) is 0 Å². The van der Waals surface area contributed by atoms with Crippen LogP contribution in [-0.2, 0) is 11.3 Å². The standard InChI is InChI=1S/C14H21N3O/c1-2-17(10-14(18)16-12-7-8-12)9-11-5-3-4-6-13(11)15/h3-6,12H,2,7-10,15H2,1H3,(H,16,18). The Bertz CT molecular complexity index is 415. The molecule has 1 saturated carbocycles. The second kappa shape index (κ2) is 5.87. The molecule has 0 saturated heterocycles. The van der Waals surface area contributed by atoms with Gasteiger partial charge < -0.3 is 11.1 Å². The van der Waals surface area contributed by atoms with Crippen molar-refractivity contribution < 1.29 is 4.79 Å². The molecule has 0 bridgehead atoms. The topological polar surface area (TPSA) is 58.4 Å². The Morgan fingerprint density at radius 1 is 1.44 bits per heavy atom. The first-order valence-electron chi connectivity index (χ1n) is 6.54. The number of anilines is 1. The molecule has 2 rings (SSSR count). The number of carbonyl (C=O) groups excluding carboxylic acids is 1. The van der Waals surface area contributed by atoms with E-state index in [1.807, 2.05) is 24.3 Å². The first kappa shape index (κ1) is 12.9. The van der Waals surface area contributed by atoms with Gasteiger partial charge in [-0.15, -0.1) is 0 Å². The molecule has 4 nitrogen and oxygen atoms in total. The number of para-hydroxylation sites is 1. The molecule has 1 aromatic rings. The maximum Gasteiger partial charge on any atom is 0.234 e. The number of rotatable bonds is 6. The summed E-state index contributed by atoms with van der Waals surface area (Å²) in [5.74, 6) is 0.119. The van der Waals surface area contributed by atoms with Gasteiger partial charge in [0.05, 0.1) is 6.54 Å². The first-order chi connectivity index (χ1) is 8.69. The number of nitrogen functional groups attached to an aromatic ring is 1. The smallest absolute Gasteiger partial charge is 0.234 e. The van der Waals surface area contributed by atoms with Crippen LogP contribution in [0.5, 0.6) is 0 Å². The number of carbonyl (C=O) groups is 1. The summed E-state index contributed by atoms with van der Waals surface area (Å²) in [5, 5.41) is 3.01. The summed E-state index contributed by atoms with van der Waals surface area (Å²) in [7, 11) is 0. The zero-order valence-electron chi connectivity index (χ0n) is 10.9. The van der Waals surface area contributed by atoms with Crippen molar-refractivity contribution in [2.24, 2.45) is 0 Å². The van der Waals surface area contributed by atoms with Gasteiger partial charge in [-0.05, 0) is 31.0 Å². The van der Waals surface area contributed by atoms with E-state index in [2.05, 4.69) is 17.1 Å². The van der Waals surface area contributed by atoms with Crippen LogP contribution in [0.15, 0.2) is 24.3 Å². The molecule has 0 aromatic heterocycles. The van der Waals surface area contributed by atoms with Gasteiger partial charge >= 0.3 is 0 Å². The summed E-state index contributed by atoms with van der Waals surface area (Å²) >= 11 is 0. The van der Waals surface area contributed by atoms with E-state index in [9.17, 15) is 4.79 Å². The van der Waals surface area contributed by atoms with Gasteiger partial charge in [0.2, 0.25) is 5.91 Å². The molecule has 1 aliphatic rings. The lowest BCUT2D eigenvalue weighted by atomic mass is 10.1. The number of benzene rings is 1. The highest BCUT2D eigenvalue weighted by Crippen LogP contribution is 2.18. The molecule has 3 N–H and O–H groups in total. The quantitative estimate of drug-likeness (QED) is 0.746. The molecule has 0 radical (unpaired) electrons. The number of hydrogen-bond acceptors (Lipinski definition) is 3. The average molecular weight is 247 g/mol. The zero-order valence-corrected chi connectivity index (χ0v) is 10.9. The normalized spacial score (nSPS) is 14.8. The van der Waals surface area contributed by atoms with Crippen molar-refractivity contribution in [2.45, 2.75) is 32.4 Å². The van der Waals surface area contributed by atoms with Crippen LogP contribution >= 0.6 is 0 Å². The van der Waals surface area contributed by atoms with Crippen molar-refractivity contribution in [1.82, 2.24) is 10.2 Å². The molecule has 1 aliphatic carbocycles. The molecule has 1 amide bonds. The van der Waals surface area contributed by atoms with Gasteiger partial charge in [-0.3, -0.25) is 9.69 Å². The Morgan fingerprint density at radius 2 is 2.17 bits per heavy atom. The summed E-state index contributed by atoms with van der Waals surface area (Å²) in [6, 6.07) is 8.24. The molecular weight excluding hydrogens is 226 g/mol. The lowest BCUT2D eigenvalue weighted by Crippen LogP contribution is -2.37. The van der Waals surface area contributed by atoms with E-state index in [4.69, 9.17) is 5.73 Å². The molecule has 0 aliphatic heterocycles. The molecule has 1 aromatic carbocycles. The minimum atomic E-state index is 0.119. The van der Waals surface area contributed by atoms with E-state index in [0.717, 1.165) is 37.2 Å². The van der Waals surface area contributed by atoms with Crippen molar-refractivity contribution in [1.29, 1.82) is 0 Å². The first-order valence-corrected chi connectivity index (χ1v) is 6.54. The fourth-order valence-corrected chi connectivity index (χ4v) is 1.90. The van der Waals surface area contributed by atoms with E-state index < -0.39 is 0 Å². The molecular formula is C14H21N3O. The van der Waals surface area contributed by atoms with E-state index in [1.165, 1.54) is 0 Å². The Hall–Kier alpha value is -1.55. The number of likely N-dealkylation sites (N-methyl/N-ethyl adjacent to an activating group) is 1. The van der Waals surface area contributed by atoms with Crippen molar-refractivity contribution in [3.05, 3.63) is 29.8 Å². The van der Waals surface area contributed by atoms with Crippen molar-refractivity contribution >= 4 is 11.6 Å². The lowest BCUT2D eigenvalue weighted by molar-refractivity contribution is -0.122. The molecule has 1 fully saturated rings. The van der Waals surface area contributed by atoms with Crippen LogP contribution in [0, 0.1) is 0 Å². The third kappa shape index (κ3) is 3.74. The second-order valence-corrected chi connectivity index (χ2v) is 4.84. The lowest BCUT2D eigenvalue weighted by Gasteiger charge is -2.20. The average Bonchev–Trinajstić information content (AvgIpc) is 3.14. The predicted molar refractivity (Wildman–Crippen MR) is 73.0 cm³/mol. The summed E-state index contributed by atoms with van der Waals surface area (Å²) < 4.78 is 0. The highest BCUT2D eigenvalue weighted by molar-refractivity contribution is 5.78. The number of nitrogens with one attached hydrogen (secondary N) is 1. The fourth-order valence-electron chi connectivity index (χ4n) is 1.90. The van der Waals surface area contributed by atoms with Crippen LogP contribution in [0.4, 0.5) is 5.69 Å². The third-order valence-electron chi connectivity index (χ3n) is 3.21. The van der Waals surface area contributed by atoms with Gasteiger partial charge in [-0.25, -0.2) is 0 Å². The van der Waals surface area contributed by atoms with Crippen LogP contribution in [0.3, 0.4) is 0 Å². The van der Waals surface area contributed by atoms with E-state index in [0.29, 0.717) is 12.6 Å². The summed E-state index contributed by atoms with van der Waals surface area (Å²) in [4.78, 5) is 13.9. The molecule has 0 spiro atoms. The molecule has 0 heterocycles. The maximum atomic E-state index is 11.8. The van der Waals surface area contributed by atoms with Gasteiger partial charge in [-0.1, -0.05) is 25.1 Å². The van der Waals surface area contributed by atoms with Gasteiger partial charge in [0, 0.05) is 18.3 Å².